The first-order chi connectivity index (χ1) is 16.3. The number of hydrogen-bond donors (Lipinski definition) is 1. The quantitative estimate of drug-likeness (QED) is 0.136. The number of nitrogens with zero attached hydrogens (tertiary/aromatic N) is 1. The van der Waals surface area contributed by atoms with Crippen LogP contribution in [0.2, 0.25) is 0 Å². The highest BCUT2D eigenvalue weighted by Gasteiger charge is 2.24. The molecular weight excluding hydrogens is 479 g/mol. The Morgan fingerprint density at radius 1 is 0.676 bits per heavy atom. The Labute approximate surface area is 205 Å². The normalized spacial score (nSPS) is 10.7. The zero-order chi connectivity index (χ0) is 24.6. The maximum atomic E-state index is 9.75. The summed E-state index contributed by atoms with van der Waals surface area (Å²) in [6.07, 6.45) is 1.98. The zero-order valence-corrected chi connectivity index (χ0v) is 19.8. The van der Waals surface area contributed by atoms with E-state index in [9.17, 15) is 17.3 Å². The Kier molecular flexibility index (Phi) is 8.84. The lowest BCUT2D eigenvalue weighted by molar-refractivity contribution is -0.616. The van der Waals surface area contributed by atoms with Gasteiger partial charge in [-0.1, -0.05) is 83.2 Å². The predicted octanol–water partition coefficient (Wildman–Crippen LogP) is 7.47. The molecule has 1 aromatic heterocycles. The van der Waals surface area contributed by atoms with Crippen LogP contribution in [0.5, 0.6) is 0 Å². The topological polar surface area (TPSA) is 15.9 Å². The second-order valence-electron chi connectivity index (χ2n) is 7.05. The molecule has 0 radical (unpaired) electrons. The molecule has 9 heteroatoms. The highest BCUT2D eigenvalue weighted by atomic mass is 32.2. The monoisotopic (exact) mass is 500 g/mol. The zero-order valence-electron chi connectivity index (χ0n) is 18.2. The average molecular weight is 500 g/mol. The number of thiocarbonyl (C=S) groups is 1. The molecule has 0 aliphatic heterocycles. The van der Waals surface area contributed by atoms with Gasteiger partial charge in [-0.05, 0) is 53.9 Å². The van der Waals surface area contributed by atoms with Gasteiger partial charge in [0.15, 0.2) is 4.32 Å². The fourth-order valence-corrected chi connectivity index (χ4v) is 3.57. The van der Waals surface area contributed by atoms with E-state index in [1.54, 1.807) is 0 Å². The number of pyridine rings is 1. The van der Waals surface area contributed by atoms with Gasteiger partial charge in [0.05, 0.1) is 0 Å². The summed E-state index contributed by atoms with van der Waals surface area (Å²) in [5.41, 5.74) is 10.1. The lowest BCUT2D eigenvalue weighted by atomic mass is 10.00. The van der Waals surface area contributed by atoms with Crippen LogP contribution < -0.4 is 10.1 Å². The number of nitrogens with one attached hydrogen (secondary N) is 1. The Morgan fingerprint density at radius 2 is 1.03 bits per heavy atom. The lowest BCUT2D eigenvalue weighted by Gasteiger charge is -2.12. The van der Waals surface area contributed by atoms with E-state index in [-0.39, 0.29) is 0 Å². The molecule has 0 aliphatic carbocycles. The van der Waals surface area contributed by atoms with Crippen molar-refractivity contribution in [2.24, 2.45) is 0 Å². The van der Waals surface area contributed by atoms with Crippen molar-refractivity contribution in [3.05, 3.63) is 103 Å². The maximum absolute atomic E-state index is 9.75. The molecule has 2 nitrogen and oxygen atoms in total. The van der Waals surface area contributed by atoms with Crippen LogP contribution in [0.4, 0.5) is 17.3 Å². The Balaban J connectivity index is 0.000000588. The molecule has 0 amide bonds. The molecule has 0 bridgehead atoms. The second kappa shape index (κ2) is 11.8. The molecule has 3 aromatic carbocycles. The van der Waals surface area contributed by atoms with Gasteiger partial charge in [0.2, 0.25) is 11.4 Å². The van der Waals surface area contributed by atoms with E-state index in [2.05, 4.69) is 95.0 Å². The molecule has 0 atom stereocenters. The molecule has 34 heavy (non-hydrogen) atoms. The summed E-state index contributed by atoms with van der Waals surface area (Å²) in [6.45, 7) is 0. The molecular formula is C25H21BF4N2S2. The first-order valence-electron chi connectivity index (χ1n) is 10.2. The summed E-state index contributed by atoms with van der Waals surface area (Å²) in [5.74, 6) is 0. The van der Waals surface area contributed by atoms with Crippen LogP contribution in [-0.4, -0.2) is 17.8 Å². The smallest absolute Gasteiger partial charge is 0.418 e. The predicted molar refractivity (Wildman–Crippen MR) is 139 cm³/mol. The van der Waals surface area contributed by atoms with Gasteiger partial charge in [0, 0.05) is 23.3 Å². The van der Waals surface area contributed by atoms with Crippen LogP contribution in [0, 0.1) is 0 Å². The number of hydrogen-bond acceptors (Lipinski definition) is 2. The fourth-order valence-electron chi connectivity index (χ4n) is 3.29. The van der Waals surface area contributed by atoms with Gasteiger partial charge in [-0.25, -0.2) is 0 Å². The van der Waals surface area contributed by atoms with Gasteiger partial charge in [-0.15, -0.1) is 5.43 Å². The van der Waals surface area contributed by atoms with Crippen LogP contribution in [-0.2, 0) is 0 Å². The maximum Gasteiger partial charge on any atom is 0.673 e. The Bertz CT molecular complexity index is 1160. The minimum absolute atomic E-state index is 0.719. The highest BCUT2D eigenvalue weighted by Crippen LogP contribution is 2.28. The molecule has 174 valence electrons. The lowest BCUT2D eigenvalue weighted by Crippen LogP contribution is -2.50. The standard InChI is InChI=1S/C25H20N2S2.BF4/c1-29-25(28)26-27-23(20-13-7-3-8-14-20)17-22(19-11-5-2-6-12-19)18-24(27)21-15-9-4-10-16-21;2-1(3,4)5/h2-18H,1H3;/q;-1/p+1. The Morgan fingerprint density at radius 3 is 1.38 bits per heavy atom. The summed E-state index contributed by atoms with van der Waals surface area (Å²) >= 11 is 7.04. The number of aromatic nitrogens is 1. The van der Waals surface area contributed by atoms with Crippen LogP contribution in [0.3, 0.4) is 0 Å². The van der Waals surface area contributed by atoms with Crippen molar-refractivity contribution >= 4 is 35.6 Å². The van der Waals surface area contributed by atoms with E-state index in [1.807, 2.05) is 24.5 Å². The van der Waals surface area contributed by atoms with Gasteiger partial charge in [-0.3, -0.25) is 0 Å². The summed E-state index contributed by atoms with van der Waals surface area (Å²) in [7, 11) is -6.00. The number of thioether (sulfide) groups is 1. The molecule has 0 fully saturated rings. The minimum atomic E-state index is -6.00. The third-order valence-electron chi connectivity index (χ3n) is 4.70. The molecule has 4 aromatic rings. The number of halogens is 4. The molecule has 0 saturated carbocycles. The summed E-state index contributed by atoms with van der Waals surface area (Å²) < 4.78 is 41.8. The first-order valence-corrected chi connectivity index (χ1v) is 11.9. The van der Waals surface area contributed by atoms with Crippen LogP contribution in [0.15, 0.2) is 103 Å². The largest absolute Gasteiger partial charge is 0.673 e. The second-order valence-corrected chi connectivity index (χ2v) is 8.53. The summed E-state index contributed by atoms with van der Waals surface area (Å²) in [6, 6.07) is 35.7. The van der Waals surface area contributed by atoms with Crippen LogP contribution >= 0.6 is 24.0 Å². The fraction of sp³-hybridized carbons (Fsp3) is 0.0400. The third kappa shape index (κ3) is 7.43. The minimum Gasteiger partial charge on any atom is -0.418 e. The molecule has 4 rings (SSSR count). The molecule has 1 heterocycles. The average Bonchev–Trinajstić information content (AvgIpc) is 2.84. The first kappa shape index (κ1) is 25.5. The molecule has 0 saturated heterocycles. The van der Waals surface area contributed by atoms with Crippen LogP contribution in [0.1, 0.15) is 0 Å². The third-order valence-corrected chi connectivity index (χ3v) is 5.75. The van der Waals surface area contributed by atoms with Crippen molar-refractivity contribution in [3.63, 3.8) is 0 Å². The van der Waals surface area contributed by atoms with E-state index in [0.717, 1.165) is 32.4 Å². The van der Waals surface area contributed by atoms with Crippen molar-refractivity contribution in [1.82, 2.24) is 0 Å². The van der Waals surface area contributed by atoms with Gasteiger partial charge in [0.25, 0.3) is 0 Å². The summed E-state index contributed by atoms with van der Waals surface area (Å²) in [5, 5.41) is 0. The Hall–Kier alpha value is -3.17. The van der Waals surface area contributed by atoms with E-state index < -0.39 is 7.25 Å². The van der Waals surface area contributed by atoms with Gasteiger partial charge in [-0.2, -0.15) is 0 Å². The van der Waals surface area contributed by atoms with Crippen molar-refractivity contribution < 1.29 is 21.9 Å². The SMILES string of the molecule is CSC(=S)N[n+]1c(-c2ccccc2)cc(-c2ccccc2)cc1-c1ccccc1.F[B-](F)(F)F. The molecule has 1 N–H and O–H groups in total. The molecule has 0 unspecified atom stereocenters. The van der Waals surface area contributed by atoms with E-state index in [0.29, 0.717) is 0 Å². The van der Waals surface area contributed by atoms with Crippen molar-refractivity contribution in [2.45, 2.75) is 0 Å². The van der Waals surface area contributed by atoms with Gasteiger partial charge < -0.3 is 17.3 Å². The number of rotatable bonds is 4. The van der Waals surface area contributed by atoms with Crippen LogP contribution in [0.25, 0.3) is 33.6 Å². The summed E-state index contributed by atoms with van der Waals surface area (Å²) in [4.78, 5) is 0. The van der Waals surface area contributed by atoms with Crippen molar-refractivity contribution in [2.75, 3.05) is 11.7 Å². The van der Waals surface area contributed by atoms with Gasteiger partial charge in [0.1, 0.15) is 0 Å². The van der Waals surface area contributed by atoms with Crippen molar-refractivity contribution in [3.8, 4) is 33.6 Å². The van der Waals surface area contributed by atoms with Crippen molar-refractivity contribution in [1.29, 1.82) is 0 Å². The molecule has 0 aliphatic rings. The highest BCUT2D eigenvalue weighted by molar-refractivity contribution is 8.22. The van der Waals surface area contributed by atoms with E-state index in [1.165, 1.54) is 17.3 Å². The van der Waals surface area contributed by atoms with E-state index in [4.69, 9.17) is 12.2 Å². The molecule has 0 spiro atoms. The van der Waals surface area contributed by atoms with E-state index >= 15 is 0 Å². The van der Waals surface area contributed by atoms with Gasteiger partial charge >= 0.3 is 7.25 Å². The number of benzene rings is 3.